The molecule has 0 bridgehead atoms. The van der Waals surface area contributed by atoms with Gasteiger partial charge < -0.3 is 14.8 Å². The van der Waals surface area contributed by atoms with E-state index in [1.165, 1.54) is 5.56 Å². The molecule has 1 aliphatic heterocycles. The molecule has 0 aliphatic carbocycles. The summed E-state index contributed by atoms with van der Waals surface area (Å²) in [5.41, 5.74) is 3.30. The molecule has 0 fully saturated rings. The first kappa shape index (κ1) is 19.5. The van der Waals surface area contributed by atoms with Gasteiger partial charge in [-0.25, -0.2) is 0 Å². The summed E-state index contributed by atoms with van der Waals surface area (Å²) in [7, 11) is 0. The molecule has 1 N–H and O–H groups in total. The van der Waals surface area contributed by atoms with Gasteiger partial charge in [-0.05, 0) is 55.8 Å². The van der Waals surface area contributed by atoms with Crippen LogP contribution >= 0.6 is 15.9 Å². The number of para-hydroxylation sites is 1. The minimum absolute atomic E-state index is 0.146. The minimum Gasteiger partial charge on any atom is -0.485 e. The van der Waals surface area contributed by atoms with Crippen LogP contribution in [0, 0.1) is 0 Å². The van der Waals surface area contributed by atoms with Crippen molar-refractivity contribution in [2.45, 2.75) is 32.5 Å². The zero-order valence-electron chi connectivity index (χ0n) is 16.4. The van der Waals surface area contributed by atoms with Gasteiger partial charge in [0.25, 0.3) is 5.91 Å². The Balaban J connectivity index is 1.40. The largest absolute Gasteiger partial charge is 0.485 e. The maximum Gasteiger partial charge on any atom is 0.255 e. The van der Waals surface area contributed by atoms with Gasteiger partial charge in [0.15, 0.2) is 11.5 Å². The molecule has 3 aromatic carbocycles. The molecule has 0 atom stereocenters. The zero-order valence-corrected chi connectivity index (χ0v) is 18.0. The third-order valence-electron chi connectivity index (χ3n) is 4.75. The molecule has 0 saturated heterocycles. The third kappa shape index (κ3) is 4.62. The Bertz CT molecular complexity index is 1040. The Kier molecular flexibility index (Phi) is 5.33. The highest BCUT2D eigenvalue weighted by atomic mass is 79.9. The summed E-state index contributed by atoms with van der Waals surface area (Å²) in [5, 5.41) is 2.90. The summed E-state index contributed by atoms with van der Waals surface area (Å²) in [5.74, 6) is 1.44. The number of carbonyl (C=O) groups excluding carboxylic acids is 1. The highest BCUT2D eigenvalue weighted by Gasteiger charge is 2.32. The minimum atomic E-state index is -0.203. The van der Waals surface area contributed by atoms with Crippen molar-refractivity contribution in [1.29, 1.82) is 0 Å². The Hall–Kier alpha value is -2.79. The molecule has 3 aromatic rings. The van der Waals surface area contributed by atoms with Crippen molar-refractivity contribution >= 4 is 27.5 Å². The molecule has 1 amide bonds. The molecule has 1 heterocycles. The number of hydrogen-bond donors (Lipinski definition) is 1. The number of fused-ring (bicyclic) bond motifs is 1. The van der Waals surface area contributed by atoms with Crippen molar-refractivity contribution in [2.24, 2.45) is 0 Å². The van der Waals surface area contributed by atoms with Crippen LogP contribution in [-0.4, -0.2) is 11.5 Å². The average molecular weight is 452 g/mol. The molecule has 148 valence electrons. The van der Waals surface area contributed by atoms with E-state index in [9.17, 15) is 4.79 Å². The van der Waals surface area contributed by atoms with Crippen LogP contribution < -0.4 is 14.8 Å². The van der Waals surface area contributed by atoms with Crippen molar-refractivity contribution in [2.75, 3.05) is 5.32 Å². The summed E-state index contributed by atoms with van der Waals surface area (Å²) in [4.78, 5) is 12.4. The van der Waals surface area contributed by atoms with Crippen LogP contribution in [0.15, 0.2) is 71.2 Å². The van der Waals surface area contributed by atoms with Gasteiger partial charge in [0, 0.05) is 27.7 Å². The number of amides is 1. The fourth-order valence-electron chi connectivity index (χ4n) is 3.38. The van der Waals surface area contributed by atoms with Crippen LogP contribution in [0.3, 0.4) is 0 Å². The van der Waals surface area contributed by atoms with Crippen LogP contribution in [0.2, 0.25) is 0 Å². The van der Waals surface area contributed by atoms with Crippen LogP contribution in [0.25, 0.3) is 0 Å². The quantitative estimate of drug-likeness (QED) is 0.517. The fourth-order valence-corrected chi connectivity index (χ4v) is 3.78. The number of ether oxygens (including phenoxy) is 2. The number of nitrogens with one attached hydrogen (secondary N) is 1. The van der Waals surface area contributed by atoms with Crippen LogP contribution in [-0.2, 0) is 13.0 Å². The lowest BCUT2D eigenvalue weighted by Gasteiger charge is -2.18. The summed E-state index contributed by atoms with van der Waals surface area (Å²) in [6.45, 7) is 4.57. The second kappa shape index (κ2) is 7.91. The van der Waals surface area contributed by atoms with E-state index >= 15 is 0 Å². The predicted octanol–water partition coefficient (Wildman–Crippen LogP) is 5.99. The van der Waals surface area contributed by atoms with Crippen LogP contribution in [0.5, 0.6) is 11.5 Å². The topological polar surface area (TPSA) is 47.6 Å². The number of hydrogen-bond acceptors (Lipinski definition) is 3. The molecule has 0 radical (unpaired) electrons. The predicted molar refractivity (Wildman–Crippen MR) is 118 cm³/mol. The van der Waals surface area contributed by atoms with Crippen LogP contribution in [0.1, 0.15) is 35.3 Å². The highest BCUT2D eigenvalue weighted by molar-refractivity contribution is 9.10. The lowest BCUT2D eigenvalue weighted by Crippen LogP contribution is -2.24. The third-order valence-corrected chi connectivity index (χ3v) is 5.24. The van der Waals surface area contributed by atoms with E-state index < -0.39 is 0 Å². The van der Waals surface area contributed by atoms with Crippen molar-refractivity contribution in [1.82, 2.24) is 0 Å². The standard InChI is InChI=1S/C24H22BrNO3/c1-24(2)14-18-5-3-8-21(22(18)29-24)28-15-16-9-11-17(12-10-16)23(27)26-20-7-4-6-19(25)13-20/h3-13H,14-15H2,1-2H3,(H,26,27). The molecular formula is C24H22BrNO3. The maximum absolute atomic E-state index is 12.4. The second-order valence-corrected chi connectivity index (χ2v) is 8.65. The molecule has 5 heteroatoms. The van der Waals surface area contributed by atoms with E-state index in [1.807, 2.05) is 48.5 Å². The van der Waals surface area contributed by atoms with Crippen molar-refractivity contribution < 1.29 is 14.3 Å². The van der Waals surface area contributed by atoms with Gasteiger partial charge >= 0.3 is 0 Å². The van der Waals surface area contributed by atoms with E-state index in [1.54, 1.807) is 12.1 Å². The van der Waals surface area contributed by atoms with Gasteiger partial charge in [0.1, 0.15) is 12.2 Å². The summed E-state index contributed by atoms with van der Waals surface area (Å²) < 4.78 is 13.0. The highest BCUT2D eigenvalue weighted by Crippen LogP contribution is 2.41. The Labute approximate surface area is 179 Å². The van der Waals surface area contributed by atoms with Gasteiger partial charge in [-0.2, -0.15) is 0 Å². The Morgan fingerprint density at radius 3 is 2.62 bits per heavy atom. The van der Waals surface area contributed by atoms with Crippen molar-refractivity contribution in [3.8, 4) is 11.5 Å². The SMILES string of the molecule is CC1(C)Cc2cccc(OCc3ccc(C(=O)Nc4cccc(Br)c4)cc3)c2O1. The molecule has 0 spiro atoms. The lowest BCUT2D eigenvalue weighted by molar-refractivity contribution is 0.102. The van der Waals surface area contributed by atoms with E-state index in [2.05, 4.69) is 41.2 Å². The number of carbonyl (C=O) groups is 1. The Morgan fingerprint density at radius 1 is 1.10 bits per heavy atom. The number of benzene rings is 3. The van der Waals surface area contributed by atoms with E-state index in [-0.39, 0.29) is 11.5 Å². The van der Waals surface area contributed by atoms with Gasteiger partial charge in [-0.1, -0.05) is 46.3 Å². The first-order valence-electron chi connectivity index (χ1n) is 9.49. The first-order valence-corrected chi connectivity index (χ1v) is 10.3. The fraction of sp³-hybridized carbons (Fsp3) is 0.208. The van der Waals surface area contributed by atoms with E-state index in [0.717, 1.165) is 33.6 Å². The van der Waals surface area contributed by atoms with E-state index in [0.29, 0.717) is 12.2 Å². The van der Waals surface area contributed by atoms with E-state index in [4.69, 9.17) is 9.47 Å². The van der Waals surface area contributed by atoms with Crippen molar-refractivity contribution in [3.05, 3.63) is 87.9 Å². The van der Waals surface area contributed by atoms with Gasteiger partial charge in [0.05, 0.1) is 0 Å². The Morgan fingerprint density at radius 2 is 1.86 bits per heavy atom. The average Bonchev–Trinajstić information content (AvgIpc) is 3.01. The van der Waals surface area contributed by atoms with Gasteiger partial charge in [-0.15, -0.1) is 0 Å². The molecular weight excluding hydrogens is 430 g/mol. The first-order chi connectivity index (χ1) is 13.9. The van der Waals surface area contributed by atoms with Gasteiger partial charge in [-0.3, -0.25) is 4.79 Å². The van der Waals surface area contributed by atoms with Gasteiger partial charge in [0.2, 0.25) is 0 Å². The molecule has 4 rings (SSSR count). The number of anilines is 1. The van der Waals surface area contributed by atoms with Crippen LogP contribution in [0.4, 0.5) is 5.69 Å². The summed E-state index contributed by atoms with van der Waals surface area (Å²) in [6, 6.07) is 20.9. The van der Waals surface area contributed by atoms with Crippen molar-refractivity contribution in [3.63, 3.8) is 0 Å². The zero-order chi connectivity index (χ0) is 20.4. The number of rotatable bonds is 5. The number of halogens is 1. The summed E-state index contributed by atoms with van der Waals surface area (Å²) in [6.07, 6.45) is 0.876. The molecule has 29 heavy (non-hydrogen) atoms. The normalized spacial score (nSPS) is 14.0. The molecule has 1 aliphatic rings. The maximum atomic E-state index is 12.4. The summed E-state index contributed by atoms with van der Waals surface area (Å²) >= 11 is 3.40. The molecule has 0 saturated carbocycles. The lowest BCUT2D eigenvalue weighted by atomic mass is 10.0. The molecule has 0 aromatic heterocycles. The monoisotopic (exact) mass is 451 g/mol. The molecule has 4 nitrogen and oxygen atoms in total. The molecule has 0 unspecified atom stereocenters. The smallest absolute Gasteiger partial charge is 0.255 e. The second-order valence-electron chi connectivity index (χ2n) is 7.73.